The van der Waals surface area contributed by atoms with Gasteiger partial charge >= 0.3 is 5.97 Å². The highest BCUT2D eigenvalue weighted by Gasteiger charge is 2.25. The Kier molecular flexibility index (Phi) is 5.97. The van der Waals surface area contributed by atoms with Crippen LogP contribution < -0.4 is 10.6 Å². The fraction of sp³-hybridized carbons (Fsp3) is 0.192. The van der Waals surface area contributed by atoms with E-state index in [2.05, 4.69) is 20.8 Å². The molecule has 1 aliphatic rings. The van der Waals surface area contributed by atoms with Crippen LogP contribution in [-0.4, -0.2) is 40.6 Å². The first-order valence-corrected chi connectivity index (χ1v) is 11.2. The number of rotatable bonds is 7. The Morgan fingerprint density at radius 2 is 1.77 bits per heavy atom. The largest absolute Gasteiger partial charge is 0.452 e. The predicted octanol–water partition coefficient (Wildman–Crippen LogP) is 3.89. The average molecular weight is 470 g/mol. The van der Waals surface area contributed by atoms with Crippen molar-refractivity contribution in [2.45, 2.75) is 25.8 Å². The number of nitrogens with zero attached hydrogens (tertiary/aromatic N) is 2. The minimum Gasteiger partial charge on any atom is -0.452 e. The number of esters is 1. The van der Waals surface area contributed by atoms with Crippen LogP contribution in [0.2, 0.25) is 0 Å². The molecule has 1 saturated carbocycles. The molecule has 35 heavy (non-hydrogen) atoms. The lowest BCUT2D eigenvalue weighted by molar-refractivity contribution is -0.119. The summed E-state index contributed by atoms with van der Waals surface area (Å²) in [5, 5.41) is 9.89. The van der Waals surface area contributed by atoms with Crippen LogP contribution in [0.4, 0.5) is 5.69 Å². The molecule has 1 fully saturated rings. The van der Waals surface area contributed by atoms with Gasteiger partial charge in [-0.2, -0.15) is 0 Å². The van der Waals surface area contributed by atoms with E-state index in [1.165, 1.54) is 0 Å². The smallest absolute Gasteiger partial charge is 0.339 e. The number of ether oxygens (including phenoxy) is 1. The molecule has 2 amide bonds. The number of aromatic nitrogens is 2. The van der Waals surface area contributed by atoms with Crippen LogP contribution >= 0.6 is 0 Å². The molecule has 0 unspecified atom stereocenters. The number of hydrogen-bond donors (Lipinski definition) is 2. The lowest BCUT2D eigenvalue weighted by atomic mass is 10.1. The van der Waals surface area contributed by atoms with Gasteiger partial charge in [-0.3, -0.25) is 9.59 Å². The van der Waals surface area contributed by atoms with E-state index in [0.29, 0.717) is 28.0 Å². The summed E-state index contributed by atoms with van der Waals surface area (Å²) in [5.41, 5.74) is 2.89. The zero-order valence-corrected chi connectivity index (χ0v) is 18.9. The van der Waals surface area contributed by atoms with Gasteiger partial charge in [-0.1, -0.05) is 47.6 Å². The van der Waals surface area contributed by atoms with Gasteiger partial charge in [0.1, 0.15) is 0 Å². The Hall–Kier alpha value is -4.53. The number of para-hydroxylation sites is 1. The average Bonchev–Trinajstić information content (AvgIpc) is 3.62. The second kappa shape index (κ2) is 9.38. The molecular weight excluding hydrogens is 448 g/mol. The Balaban J connectivity index is 1.32. The van der Waals surface area contributed by atoms with Gasteiger partial charge in [-0.05, 0) is 38.0 Å². The summed E-state index contributed by atoms with van der Waals surface area (Å²) in [6.45, 7) is 1.16. The van der Waals surface area contributed by atoms with Crippen LogP contribution in [-0.2, 0) is 9.53 Å². The number of carbonyl (C=O) groups excluding carboxylic acids is 3. The number of carbonyl (C=O) groups is 3. The van der Waals surface area contributed by atoms with Crippen molar-refractivity contribution < 1.29 is 23.6 Å². The third-order valence-corrected chi connectivity index (χ3v) is 5.60. The second-order valence-corrected chi connectivity index (χ2v) is 8.29. The van der Waals surface area contributed by atoms with Gasteiger partial charge in [-0.15, -0.1) is 0 Å². The minimum absolute atomic E-state index is 0.186. The third kappa shape index (κ3) is 4.89. The maximum absolute atomic E-state index is 13.0. The van der Waals surface area contributed by atoms with Crippen LogP contribution in [0.1, 0.15) is 39.3 Å². The number of amides is 2. The zero-order valence-electron chi connectivity index (χ0n) is 18.9. The number of anilines is 1. The summed E-state index contributed by atoms with van der Waals surface area (Å²) in [6.07, 6.45) is 1.91. The van der Waals surface area contributed by atoms with Crippen LogP contribution in [0.15, 0.2) is 65.2 Å². The molecule has 1 aliphatic carbocycles. The van der Waals surface area contributed by atoms with Crippen LogP contribution in [0.3, 0.4) is 0 Å². The van der Waals surface area contributed by atoms with E-state index in [-0.39, 0.29) is 23.2 Å². The molecule has 2 aromatic heterocycles. The number of pyridine rings is 1. The molecule has 0 bridgehead atoms. The molecule has 2 N–H and O–H groups in total. The van der Waals surface area contributed by atoms with Crippen molar-refractivity contribution in [1.29, 1.82) is 0 Å². The van der Waals surface area contributed by atoms with E-state index < -0.39 is 18.5 Å². The summed E-state index contributed by atoms with van der Waals surface area (Å²) < 4.78 is 10.6. The normalized spacial score (nSPS) is 12.8. The molecule has 9 nitrogen and oxygen atoms in total. The molecule has 0 radical (unpaired) electrons. The molecule has 176 valence electrons. The number of hydrogen-bond acceptors (Lipinski definition) is 7. The first kappa shape index (κ1) is 22.3. The zero-order chi connectivity index (χ0) is 24.4. The molecule has 4 aromatic rings. The third-order valence-electron chi connectivity index (χ3n) is 5.60. The first-order chi connectivity index (χ1) is 17.0. The number of nitrogens with one attached hydrogen (secondary N) is 2. The molecule has 0 spiro atoms. The second-order valence-electron chi connectivity index (χ2n) is 8.29. The van der Waals surface area contributed by atoms with Crippen molar-refractivity contribution in [3.63, 3.8) is 0 Å². The van der Waals surface area contributed by atoms with Gasteiger partial charge in [0, 0.05) is 11.6 Å². The summed E-state index contributed by atoms with van der Waals surface area (Å²) >= 11 is 0. The van der Waals surface area contributed by atoms with Crippen molar-refractivity contribution in [2.75, 3.05) is 11.9 Å². The lowest BCUT2D eigenvalue weighted by Gasteiger charge is -2.12. The van der Waals surface area contributed by atoms with E-state index in [4.69, 9.17) is 9.26 Å². The van der Waals surface area contributed by atoms with E-state index >= 15 is 0 Å². The van der Waals surface area contributed by atoms with Gasteiger partial charge in [0.05, 0.1) is 33.6 Å². The molecular formula is C26H22N4O5. The molecule has 2 heterocycles. The summed E-state index contributed by atoms with van der Waals surface area (Å²) in [7, 11) is 0. The Bertz CT molecular complexity index is 1430. The lowest BCUT2D eigenvalue weighted by Crippen LogP contribution is -2.28. The van der Waals surface area contributed by atoms with E-state index in [1.54, 1.807) is 37.3 Å². The summed E-state index contributed by atoms with van der Waals surface area (Å²) in [4.78, 5) is 42.5. The van der Waals surface area contributed by atoms with Crippen molar-refractivity contribution in [3.8, 4) is 11.3 Å². The molecule has 5 rings (SSSR count). The molecule has 0 saturated heterocycles. The quantitative estimate of drug-likeness (QED) is 0.393. The first-order valence-electron chi connectivity index (χ1n) is 11.2. The van der Waals surface area contributed by atoms with Gasteiger partial charge in [-0.25, -0.2) is 9.78 Å². The van der Waals surface area contributed by atoms with Crippen molar-refractivity contribution in [1.82, 2.24) is 15.5 Å². The molecule has 0 atom stereocenters. The molecule has 9 heteroatoms. The Morgan fingerprint density at radius 1 is 1.03 bits per heavy atom. The Labute approximate surface area is 200 Å². The minimum atomic E-state index is -0.712. The van der Waals surface area contributed by atoms with E-state index in [1.807, 2.05) is 30.3 Å². The summed E-state index contributed by atoms with van der Waals surface area (Å²) in [5.74, 6) is -1.53. The van der Waals surface area contributed by atoms with Gasteiger partial charge in [0.15, 0.2) is 6.61 Å². The monoisotopic (exact) mass is 470 g/mol. The Morgan fingerprint density at radius 3 is 2.54 bits per heavy atom. The van der Waals surface area contributed by atoms with Crippen molar-refractivity contribution in [2.24, 2.45) is 0 Å². The SMILES string of the molecule is Cc1noc2nc(-c3ccccc3)cc(C(=O)OCC(=O)Nc3ccccc3C(=O)NC3CC3)c12. The van der Waals surface area contributed by atoms with Crippen LogP contribution in [0.25, 0.3) is 22.4 Å². The standard InChI is InChI=1S/C26H22N4O5/c1-15-23-19(13-21(29-25(23)35-30-15)16-7-3-2-4-8-16)26(33)34-14-22(31)28-20-10-6-5-9-18(20)24(32)27-17-11-12-17/h2-10,13,17H,11-12,14H2,1H3,(H,27,32)(H,28,31). The van der Waals surface area contributed by atoms with Gasteiger partial charge < -0.3 is 19.9 Å². The van der Waals surface area contributed by atoms with E-state index in [9.17, 15) is 14.4 Å². The number of aryl methyl sites for hydroxylation is 1. The van der Waals surface area contributed by atoms with Crippen LogP contribution in [0.5, 0.6) is 0 Å². The maximum atomic E-state index is 13.0. The predicted molar refractivity (Wildman–Crippen MR) is 128 cm³/mol. The van der Waals surface area contributed by atoms with Crippen molar-refractivity contribution >= 4 is 34.6 Å². The van der Waals surface area contributed by atoms with E-state index in [0.717, 1.165) is 18.4 Å². The topological polar surface area (TPSA) is 123 Å². The van der Waals surface area contributed by atoms with Crippen LogP contribution in [0, 0.1) is 6.92 Å². The highest BCUT2D eigenvalue weighted by molar-refractivity contribution is 6.06. The van der Waals surface area contributed by atoms with Gasteiger partial charge in [0.2, 0.25) is 0 Å². The summed E-state index contributed by atoms with van der Waals surface area (Å²) in [6, 6.07) is 17.8. The highest BCUT2D eigenvalue weighted by Crippen LogP contribution is 2.27. The maximum Gasteiger partial charge on any atom is 0.339 e. The highest BCUT2D eigenvalue weighted by atomic mass is 16.5. The molecule has 2 aromatic carbocycles. The fourth-order valence-corrected chi connectivity index (χ4v) is 3.69. The van der Waals surface area contributed by atoms with Crippen molar-refractivity contribution in [3.05, 3.63) is 77.5 Å². The number of fused-ring (bicyclic) bond motifs is 1. The van der Waals surface area contributed by atoms with Gasteiger partial charge in [0.25, 0.3) is 17.5 Å². The fourth-order valence-electron chi connectivity index (χ4n) is 3.69. The molecule has 0 aliphatic heterocycles. The number of benzene rings is 2.